The molecule has 14 nitrogen and oxygen atoms in total. The molecule has 0 amide bonds. The first-order valence-corrected chi connectivity index (χ1v) is 12.7. The van der Waals surface area contributed by atoms with Gasteiger partial charge in [0.25, 0.3) is 0 Å². The number of fused-ring (bicyclic) bond motifs is 1. The summed E-state index contributed by atoms with van der Waals surface area (Å²) in [6, 6.07) is 9.38. The Morgan fingerprint density at radius 1 is 0.829 bits per heavy atom. The van der Waals surface area contributed by atoms with Crippen LogP contribution in [0.25, 0.3) is 22.3 Å². The summed E-state index contributed by atoms with van der Waals surface area (Å²) in [6.45, 7) is 0.704. The molecule has 41 heavy (non-hydrogen) atoms. The summed E-state index contributed by atoms with van der Waals surface area (Å²) >= 11 is 0. The SMILES string of the molecule is CC1O[C@@H](OC2[C@H](Oc3cc(O)c4c(=O)cc(-c5ccc(O)cc5)oc4c3)OC(CO)[C@@H](O)[C@@H]2O)C(O)[C@@H](O)[C@H]1O. The summed E-state index contributed by atoms with van der Waals surface area (Å²) in [7, 11) is 0. The molecule has 2 saturated heterocycles. The largest absolute Gasteiger partial charge is 0.508 e. The summed E-state index contributed by atoms with van der Waals surface area (Å²) in [5.41, 5.74) is -0.182. The normalized spacial score (nSPS) is 34.0. The number of phenols is 2. The maximum atomic E-state index is 12.8. The van der Waals surface area contributed by atoms with Gasteiger partial charge < -0.3 is 64.2 Å². The van der Waals surface area contributed by atoms with E-state index >= 15 is 0 Å². The average molecular weight is 579 g/mol. The first-order chi connectivity index (χ1) is 19.5. The number of rotatable bonds is 6. The van der Waals surface area contributed by atoms with Gasteiger partial charge in [-0.2, -0.15) is 0 Å². The first-order valence-electron chi connectivity index (χ1n) is 12.7. The van der Waals surface area contributed by atoms with E-state index in [0.29, 0.717) is 5.56 Å². The molecule has 0 aliphatic carbocycles. The first kappa shape index (κ1) is 29.2. The Balaban J connectivity index is 1.47. The van der Waals surface area contributed by atoms with Crippen molar-refractivity contribution < 1.29 is 64.2 Å². The van der Waals surface area contributed by atoms with E-state index in [-0.39, 0.29) is 28.2 Å². The highest BCUT2D eigenvalue weighted by atomic mass is 16.8. The van der Waals surface area contributed by atoms with Crippen LogP contribution in [0.15, 0.2) is 51.7 Å². The number of aliphatic hydroxyl groups is 6. The monoisotopic (exact) mass is 578 g/mol. The molecule has 8 N–H and O–H groups in total. The Morgan fingerprint density at radius 2 is 1.54 bits per heavy atom. The molecule has 3 heterocycles. The van der Waals surface area contributed by atoms with Gasteiger partial charge in [0.15, 0.2) is 17.8 Å². The minimum absolute atomic E-state index is 0.00857. The van der Waals surface area contributed by atoms with Gasteiger partial charge in [0.2, 0.25) is 6.29 Å². The molecule has 10 atom stereocenters. The number of aliphatic hydroxyl groups excluding tert-OH is 6. The Morgan fingerprint density at radius 3 is 2.22 bits per heavy atom. The summed E-state index contributed by atoms with van der Waals surface area (Å²) in [6.07, 6.45) is -15.3. The highest BCUT2D eigenvalue weighted by Crippen LogP contribution is 2.35. The molecule has 0 spiro atoms. The van der Waals surface area contributed by atoms with Crippen molar-refractivity contribution in [2.24, 2.45) is 0 Å². The molecule has 2 aromatic carbocycles. The number of hydrogen-bond donors (Lipinski definition) is 8. The van der Waals surface area contributed by atoms with Crippen molar-refractivity contribution in [2.45, 2.75) is 68.3 Å². The molecule has 0 bridgehead atoms. The van der Waals surface area contributed by atoms with Crippen LogP contribution in [-0.2, 0) is 14.2 Å². The maximum absolute atomic E-state index is 12.8. The smallest absolute Gasteiger partial charge is 0.229 e. The third-order valence-corrected chi connectivity index (χ3v) is 7.11. The lowest BCUT2D eigenvalue weighted by Crippen LogP contribution is -2.64. The minimum atomic E-state index is -1.76. The van der Waals surface area contributed by atoms with E-state index in [2.05, 4.69) is 0 Å². The van der Waals surface area contributed by atoms with Gasteiger partial charge in [-0.1, -0.05) is 0 Å². The van der Waals surface area contributed by atoms with Gasteiger partial charge in [0.05, 0.1) is 12.7 Å². The second kappa shape index (κ2) is 11.5. The summed E-state index contributed by atoms with van der Waals surface area (Å²) in [4.78, 5) is 12.8. The molecule has 14 heteroatoms. The molecular formula is C27H30O14. The highest BCUT2D eigenvalue weighted by molar-refractivity contribution is 5.86. The quantitative estimate of drug-likeness (QED) is 0.174. The van der Waals surface area contributed by atoms with Crippen molar-refractivity contribution in [3.05, 3.63) is 52.7 Å². The Labute approximate surface area is 231 Å². The Kier molecular flexibility index (Phi) is 8.20. The van der Waals surface area contributed by atoms with Crippen LogP contribution in [0.2, 0.25) is 0 Å². The van der Waals surface area contributed by atoms with Crippen molar-refractivity contribution in [3.63, 3.8) is 0 Å². The Bertz CT molecular complexity index is 1420. The van der Waals surface area contributed by atoms with Crippen molar-refractivity contribution in [1.29, 1.82) is 0 Å². The molecule has 5 rings (SSSR count). The summed E-state index contributed by atoms with van der Waals surface area (Å²) in [5, 5.41) is 81.4. The number of benzene rings is 2. The predicted octanol–water partition coefficient (Wildman–Crippen LogP) is -1.10. The maximum Gasteiger partial charge on any atom is 0.229 e. The van der Waals surface area contributed by atoms with Crippen molar-refractivity contribution in [1.82, 2.24) is 0 Å². The van der Waals surface area contributed by atoms with Gasteiger partial charge in [-0.15, -0.1) is 0 Å². The fourth-order valence-electron chi connectivity index (χ4n) is 4.79. The van der Waals surface area contributed by atoms with Gasteiger partial charge in [0, 0.05) is 23.8 Å². The molecule has 2 aliphatic heterocycles. The third kappa shape index (κ3) is 5.61. The number of aromatic hydroxyl groups is 2. The van der Waals surface area contributed by atoms with Crippen LogP contribution in [0, 0.1) is 0 Å². The third-order valence-electron chi connectivity index (χ3n) is 7.11. The van der Waals surface area contributed by atoms with Crippen LogP contribution in [-0.4, -0.2) is 109 Å². The second-order valence-electron chi connectivity index (χ2n) is 9.94. The van der Waals surface area contributed by atoms with E-state index in [1.165, 1.54) is 43.3 Å². The second-order valence-corrected chi connectivity index (χ2v) is 9.94. The molecule has 2 fully saturated rings. The van der Waals surface area contributed by atoms with E-state index < -0.39 is 79.2 Å². The summed E-state index contributed by atoms with van der Waals surface area (Å²) in [5.74, 6) is -0.498. The minimum Gasteiger partial charge on any atom is -0.508 e. The van der Waals surface area contributed by atoms with E-state index in [4.69, 9.17) is 23.4 Å². The molecule has 222 valence electrons. The van der Waals surface area contributed by atoms with Gasteiger partial charge in [-0.25, -0.2) is 0 Å². The van der Waals surface area contributed by atoms with Gasteiger partial charge in [-0.05, 0) is 31.2 Å². The van der Waals surface area contributed by atoms with E-state index in [0.717, 1.165) is 6.07 Å². The number of hydrogen-bond acceptors (Lipinski definition) is 14. The average Bonchev–Trinajstić information content (AvgIpc) is 2.94. The van der Waals surface area contributed by atoms with Crippen molar-refractivity contribution in [3.8, 4) is 28.6 Å². The zero-order valence-electron chi connectivity index (χ0n) is 21.5. The molecule has 4 unspecified atom stereocenters. The fourth-order valence-corrected chi connectivity index (χ4v) is 4.79. The van der Waals surface area contributed by atoms with Gasteiger partial charge in [-0.3, -0.25) is 4.79 Å². The van der Waals surface area contributed by atoms with Crippen LogP contribution >= 0.6 is 0 Å². The van der Waals surface area contributed by atoms with Crippen LogP contribution in [0.3, 0.4) is 0 Å². The van der Waals surface area contributed by atoms with Crippen LogP contribution in [0.5, 0.6) is 17.2 Å². The fraction of sp³-hybridized carbons (Fsp3) is 0.444. The van der Waals surface area contributed by atoms with Crippen LogP contribution in [0.1, 0.15) is 6.92 Å². The molecule has 1 aromatic heterocycles. The molecule has 0 saturated carbocycles. The van der Waals surface area contributed by atoms with Crippen LogP contribution < -0.4 is 10.2 Å². The number of phenolic OH excluding ortho intramolecular Hbond substituents is 2. The highest BCUT2D eigenvalue weighted by Gasteiger charge is 2.50. The predicted molar refractivity (Wildman–Crippen MR) is 137 cm³/mol. The molecule has 3 aromatic rings. The van der Waals surface area contributed by atoms with Crippen LogP contribution in [0.4, 0.5) is 0 Å². The van der Waals surface area contributed by atoms with Gasteiger partial charge in [0.1, 0.15) is 70.6 Å². The Hall–Kier alpha value is -3.31. The zero-order chi connectivity index (χ0) is 29.6. The van der Waals surface area contributed by atoms with Crippen molar-refractivity contribution in [2.75, 3.05) is 6.61 Å². The van der Waals surface area contributed by atoms with E-state index in [1.54, 1.807) is 0 Å². The topological polar surface area (TPSA) is 229 Å². The lowest BCUT2D eigenvalue weighted by atomic mass is 9.97. The summed E-state index contributed by atoms with van der Waals surface area (Å²) < 4.78 is 28.4. The van der Waals surface area contributed by atoms with E-state index in [1.807, 2.05) is 0 Å². The molecule has 0 radical (unpaired) electrons. The number of ether oxygens (including phenoxy) is 4. The molecular weight excluding hydrogens is 548 g/mol. The van der Waals surface area contributed by atoms with Gasteiger partial charge >= 0.3 is 0 Å². The van der Waals surface area contributed by atoms with Crippen molar-refractivity contribution >= 4 is 11.0 Å². The lowest BCUT2D eigenvalue weighted by Gasteiger charge is -2.45. The van der Waals surface area contributed by atoms with E-state index in [9.17, 15) is 45.6 Å². The zero-order valence-corrected chi connectivity index (χ0v) is 21.5. The standard InChI is InChI=1S/C27H30O14/c1-10-20(32)22(34)24(36)26(37-10)41-25-23(35)21(33)18(9-28)40-27(25)38-13-6-14(30)19-15(31)8-16(39-17(19)7-13)11-2-4-12(29)5-3-11/h2-8,10,18,20-30,32-36H,9H2,1H3/t10?,18?,20-,21+,22-,23-,24?,25?,26-,27+/m0/s1. The lowest BCUT2D eigenvalue weighted by molar-refractivity contribution is -0.354. The molecule has 2 aliphatic rings.